The van der Waals surface area contributed by atoms with Crippen molar-refractivity contribution in [3.05, 3.63) is 74.7 Å². The first-order valence-electron chi connectivity index (χ1n) is 6.46. The highest BCUT2D eigenvalue weighted by atomic mass is 79.9. The molecule has 1 aromatic heterocycles. The van der Waals surface area contributed by atoms with E-state index in [-0.39, 0.29) is 5.56 Å². The Labute approximate surface area is 139 Å². The van der Waals surface area contributed by atoms with E-state index in [4.69, 9.17) is 0 Å². The van der Waals surface area contributed by atoms with Gasteiger partial charge in [-0.05, 0) is 29.8 Å². The second-order valence-electron chi connectivity index (χ2n) is 4.54. The van der Waals surface area contributed by atoms with Gasteiger partial charge in [0.25, 0.3) is 0 Å². The summed E-state index contributed by atoms with van der Waals surface area (Å²) in [5.41, 5.74) is 1.38. The van der Waals surface area contributed by atoms with Crippen LogP contribution in [-0.4, -0.2) is 4.98 Å². The molecule has 22 heavy (non-hydrogen) atoms. The number of hydrogen-bond donors (Lipinski definition) is 0. The van der Waals surface area contributed by atoms with Crippen molar-refractivity contribution >= 4 is 39.4 Å². The van der Waals surface area contributed by atoms with E-state index in [1.807, 2.05) is 29.7 Å². The van der Waals surface area contributed by atoms with Gasteiger partial charge in [0, 0.05) is 21.6 Å². The van der Waals surface area contributed by atoms with Gasteiger partial charge in [-0.15, -0.1) is 11.3 Å². The van der Waals surface area contributed by atoms with Crippen LogP contribution in [0, 0.1) is 11.6 Å². The van der Waals surface area contributed by atoms with Crippen LogP contribution in [0.15, 0.2) is 52.4 Å². The van der Waals surface area contributed by atoms with Crippen molar-refractivity contribution in [3.8, 4) is 11.1 Å². The molecule has 0 fully saturated rings. The van der Waals surface area contributed by atoms with Gasteiger partial charge in [-0.2, -0.15) is 0 Å². The molecule has 0 unspecified atom stereocenters. The van der Waals surface area contributed by atoms with Crippen molar-refractivity contribution in [1.29, 1.82) is 0 Å². The molecule has 0 saturated heterocycles. The predicted octanol–water partition coefficient (Wildman–Crippen LogP) is 6.02. The lowest BCUT2D eigenvalue weighted by molar-refractivity contribution is 0.589. The molecule has 0 bridgehead atoms. The molecule has 3 aromatic rings. The van der Waals surface area contributed by atoms with Crippen molar-refractivity contribution in [1.82, 2.24) is 4.98 Å². The fourth-order valence-corrected chi connectivity index (χ4v) is 3.20. The molecule has 0 saturated carbocycles. The number of thiazole rings is 1. The molecule has 0 aliphatic rings. The van der Waals surface area contributed by atoms with E-state index in [1.54, 1.807) is 23.6 Å². The van der Waals surface area contributed by atoms with Gasteiger partial charge in [0.1, 0.15) is 16.6 Å². The quantitative estimate of drug-likeness (QED) is 0.543. The number of aromatic nitrogens is 1. The van der Waals surface area contributed by atoms with Crippen molar-refractivity contribution in [2.45, 2.75) is 0 Å². The van der Waals surface area contributed by atoms with E-state index in [0.29, 0.717) is 10.0 Å². The molecule has 5 heteroatoms. The van der Waals surface area contributed by atoms with E-state index in [2.05, 4.69) is 20.9 Å². The Morgan fingerprint density at radius 3 is 2.45 bits per heavy atom. The Balaban J connectivity index is 1.96. The summed E-state index contributed by atoms with van der Waals surface area (Å²) in [6.07, 6.45) is 5.55. The SMILES string of the molecule is Fc1cccc(F)c1-c1ccc(C=Cc2nccs2)cc1Br. The van der Waals surface area contributed by atoms with Gasteiger partial charge in [0.05, 0.1) is 5.56 Å². The summed E-state index contributed by atoms with van der Waals surface area (Å²) < 4.78 is 28.4. The second-order valence-corrected chi connectivity index (χ2v) is 6.32. The van der Waals surface area contributed by atoms with Crippen molar-refractivity contribution in [3.63, 3.8) is 0 Å². The largest absolute Gasteiger partial charge is 0.245 e. The minimum absolute atomic E-state index is 0.0233. The second kappa shape index (κ2) is 6.50. The van der Waals surface area contributed by atoms with Crippen molar-refractivity contribution in [2.24, 2.45) is 0 Å². The van der Waals surface area contributed by atoms with Crippen LogP contribution < -0.4 is 0 Å². The summed E-state index contributed by atoms with van der Waals surface area (Å²) >= 11 is 4.93. The molecule has 0 aliphatic heterocycles. The average Bonchev–Trinajstić information content (AvgIpc) is 3.00. The average molecular weight is 378 g/mol. The maximum Gasteiger partial charge on any atom is 0.134 e. The van der Waals surface area contributed by atoms with Crippen LogP contribution in [0.4, 0.5) is 8.78 Å². The predicted molar refractivity (Wildman–Crippen MR) is 90.5 cm³/mol. The number of rotatable bonds is 3. The molecule has 0 N–H and O–H groups in total. The topological polar surface area (TPSA) is 12.9 Å². The third-order valence-corrected chi connectivity index (χ3v) is 4.49. The lowest BCUT2D eigenvalue weighted by Gasteiger charge is -2.08. The maximum atomic E-state index is 13.9. The minimum atomic E-state index is -0.577. The highest BCUT2D eigenvalue weighted by molar-refractivity contribution is 9.10. The number of hydrogen-bond acceptors (Lipinski definition) is 2. The lowest BCUT2D eigenvalue weighted by atomic mass is 10.0. The fourth-order valence-electron chi connectivity index (χ4n) is 2.08. The monoisotopic (exact) mass is 377 g/mol. The fraction of sp³-hybridized carbons (Fsp3) is 0. The lowest BCUT2D eigenvalue weighted by Crippen LogP contribution is -1.91. The van der Waals surface area contributed by atoms with Crippen LogP contribution in [0.1, 0.15) is 10.6 Å². The zero-order valence-corrected chi connectivity index (χ0v) is 13.7. The van der Waals surface area contributed by atoms with E-state index in [9.17, 15) is 8.78 Å². The minimum Gasteiger partial charge on any atom is -0.245 e. The van der Waals surface area contributed by atoms with Crippen molar-refractivity contribution in [2.75, 3.05) is 0 Å². The van der Waals surface area contributed by atoms with Crippen LogP contribution in [0.25, 0.3) is 23.3 Å². The molecular formula is C17H10BrF2NS. The van der Waals surface area contributed by atoms with Crippen LogP contribution in [0.5, 0.6) is 0 Å². The molecule has 1 heterocycles. The summed E-state index contributed by atoms with van der Waals surface area (Å²) in [6, 6.07) is 9.20. The molecular weight excluding hydrogens is 368 g/mol. The summed E-state index contributed by atoms with van der Waals surface area (Å²) in [6.45, 7) is 0. The van der Waals surface area contributed by atoms with Crippen molar-refractivity contribution < 1.29 is 8.78 Å². The molecule has 1 nitrogen and oxygen atoms in total. The molecule has 3 rings (SSSR count). The van der Waals surface area contributed by atoms with E-state index >= 15 is 0 Å². The molecule has 0 spiro atoms. The first-order chi connectivity index (χ1) is 10.6. The number of halogens is 3. The summed E-state index contributed by atoms with van der Waals surface area (Å²) in [5, 5.41) is 2.81. The zero-order valence-electron chi connectivity index (χ0n) is 11.3. The Kier molecular flexibility index (Phi) is 4.45. The van der Waals surface area contributed by atoms with Gasteiger partial charge in [-0.1, -0.05) is 40.2 Å². The van der Waals surface area contributed by atoms with E-state index < -0.39 is 11.6 Å². The van der Waals surface area contributed by atoms with Gasteiger partial charge in [0.15, 0.2) is 0 Å². The van der Waals surface area contributed by atoms with Crippen LogP contribution >= 0.6 is 27.3 Å². The third-order valence-electron chi connectivity index (χ3n) is 3.10. The zero-order chi connectivity index (χ0) is 15.5. The van der Waals surface area contributed by atoms with Gasteiger partial charge in [0.2, 0.25) is 0 Å². The van der Waals surface area contributed by atoms with Crippen LogP contribution in [-0.2, 0) is 0 Å². The normalized spacial score (nSPS) is 11.2. The van der Waals surface area contributed by atoms with Crippen LogP contribution in [0.3, 0.4) is 0 Å². The Morgan fingerprint density at radius 1 is 1.05 bits per heavy atom. The molecule has 0 aliphatic carbocycles. The summed E-state index contributed by atoms with van der Waals surface area (Å²) in [7, 11) is 0. The molecule has 0 amide bonds. The Bertz CT molecular complexity index is 808. The third kappa shape index (κ3) is 3.15. The highest BCUT2D eigenvalue weighted by Gasteiger charge is 2.13. The standard InChI is InChI=1S/C17H10BrF2NS/c18-13-10-11(5-7-16-21-8-9-22-16)4-6-12(13)17-14(19)2-1-3-15(17)20/h1-10H. The van der Waals surface area contributed by atoms with E-state index in [1.165, 1.54) is 18.2 Å². The first kappa shape index (κ1) is 15.1. The van der Waals surface area contributed by atoms with Gasteiger partial charge in [-0.3, -0.25) is 0 Å². The molecule has 0 radical (unpaired) electrons. The summed E-state index contributed by atoms with van der Waals surface area (Å²) in [5.74, 6) is -1.15. The molecule has 0 atom stereocenters. The first-order valence-corrected chi connectivity index (χ1v) is 8.14. The number of nitrogens with zero attached hydrogens (tertiary/aromatic N) is 1. The molecule has 110 valence electrons. The van der Waals surface area contributed by atoms with Gasteiger partial charge in [-0.25, -0.2) is 13.8 Å². The Morgan fingerprint density at radius 2 is 1.82 bits per heavy atom. The van der Waals surface area contributed by atoms with Crippen LogP contribution in [0.2, 0.25) is 0 Å². The van der Waals surface area contributed by atoms with Gasteiger partial charge < -0.3 is 0 Å². The van der Waals surface area contributed by atoms with E-state index in [0.717, 1.165) is 10.6 Å². The molecule has 2 aromatic carbocycles. The Hall–Kier alpha value is -1.85. The number of benzene rings is 2. The smallest absolute Gasteiger partial charge is 0.134 e. The maximum absolute atomic E-state index is 13.9. The summed E-state index contributed by atoms with van der Waals surface area (Å²) in [4.78, 5) is 4.16. The van der Waals surface area contributed by atoms with Gasteiger partial charge >= 0.3 is 0 Å². The highest BCUT2D eigenvalue weighted by Crippen LogP contribution is 2.33.